The highest BCUT2D eigenvalue weighted by molar-refractivity contribution is 5.94. The van der Waals surface area contributed by atoms with Crippen molar-refractivity contribution in [3.05, 3.63) is 64.7 Å². The van der Waals surface area contributed by atoms with Crippen LogP contribution in [0.2, 0.25) is 0 Å². The summed E-state index contributed by atoms with van der Waals surface area (Å²) in [5.41, 5.74) is 3.12. The maximum Gasteiger partial charge on any atom is 0.253 e. The molecule has 1 amide bonds. The van der Waals surface area contributed by atoms with E-state index in [9.17, 15) is 4.79 Å². The van der Waals surface area contributed by atoms with E-state index in [1.807, 2.05) is 42.5 Å². The number of hydrogen-bond donors (Lipinski definition) is 0. The molecule has 1 fully saturated rings. The van der Waals surface area contributed by atoms with E-state index in [0.717, 1.165) is 23.0 Å². The van der Waals surface area contributed by atoms with Gasteiger partial charge in [0.15, 0.2) is 5.82 Å². The lowest BCUT2D eigenvalue weighted by Crippen LogP contribution is -2.49. The highest BCUT2D eigenvalue weighted by Crippen LogP contribution is 2.19. The van der Waals surface area contributed by atoms with E-state index in [1.165, 1.54) is 0 Å². The van der Waals surface area contributed by atoms with Gasteiger partial charge in [0.25, 0.3) is 5.91 Å². The molecule has 0 bridgehead atoms. The first kappa shape index (κ1) is 19.6. The van der Waals surface area contributed by atoms with Crippen molar-refractivity contribution in [2.75, 3.05) is 31.1 Å². The molecular weight excluding hydrogens is 378 g/mol. The largest absolute Gasteiger partial charge is 0.353 e. The molecule has 0 unspecified atom stereocenters. The Morgan fingerprint density at radius 1 is 0.967 bits per heavy atom. The summed E-state index contributed by atoms with van der Waals surface area (Å²) in [5.74, 6) is 2.27. The standard InChI is InChI=1S/C22H23N7O/c1-15-12-16(2)29(26-15)21-13-20(24-17(3)25-21)27-8-10-28(11-9-27)22(30)19-6-4-18(14-23)5-7-19/h4-7,12-13H,8-11H2,1-3H3. The molecule has 0 radical (unpaired) electrons. The summed E-state index contributed by atoms with van der Waals surface area (Å²) >= 11 is 0. The van der Waals surface area contributed by atoms with Crippen LogP contribution in [-0.2, 0) is 0 Å². The van der Waals surface area contributed by atoms with Crippen molar-refractivity contribution in [1.82, 2.24) is 24.6 Å². The Bertz CT molecular complexity index is 1120. The molecule has 1 aromatic carbocycles. The van der Waals surface area contributed by atoms with Crippen LogP contribution < -0.4 is 4.90 Å². The molecular formula is C22H23N7O. The van der Waals surface area contributed by atoms with Crippen molar-refractivity contribution in [2.24, 2.45) is 0 Å². The van der Waals surface area contributed by atoms with Gasteiger partial charge >= 0.3 is 0 Å². The second kappa shape index (κ2) is 7.95. The average Bonchev–Trinajstić information content (AvgIpc) is 3.11. The van der Waals surface area contributed by atoms with Crippen LogP contribution in [0.4, 0.5) is 5.82 Å². The minimum Gasteiger partial charge on any atom is -0.353 e. The molecule has 0 aliphatic carbocycles. The summed E-state index contributed by atoms with van der Waals surface area (Å²) < 4.78 is 1.83. The Kier molecular flexibility index (Phi) is 5.19. The predicted molar refractivity (Wildman–Crippen MR) is 113 cm³/mol. The van der Waals surface area contributed by atoms with E-state index < -0.39 is 0 Å². The number of piperazine rings is 1. The third-order valence-electron chi connectivity index (χ3n) is 5.19. The van der Waals surface area contributed by atoms with Gasteiger partial charge in [0, 0.05) is 43.5 Å². The monoisotopic (exact) mass is 401 g/mol. The van der Waals surface area contributed by atoms with Gasteiger partial charge in [-0.3, -0.25) is 4.79 Å². The number of hydrogen-bond acceptors (Lipinski definition) is 6. The number of nitrogens with zero attached hydrogens (tertiary/aromatic N) is 7. The van der Waals surface area contributed by atoms with Crippen LogP contribution in [0, 0.1) is 32.1 Å². The Labute approximate surface area is 175 Å². The lowest BCUT2D eigenvalue weighted by molar-refractivity contribution is 0.0746. The van der Waals surface area contributed by atoms with E-state index in [1.54, 1.807) is 24.3 Å². The lowest BCUT2D eigenvalue weighted by atomic mass is 10.1. The zero-order chi connectivity index (χ0) is 21.3. The first-order valence-electron chi connectivity index (χ1n) is 9.88. The number of aromatic nitrogens is 4. The van der Waals surface area contributed by atoms with E-state index in [4.69, 9.17) is 5.26 Å². The van der Waals surface area contributed by atoms with Crippen molar-refractivity contribution in [1.29, 1.82) is 5.26 Å². The van der Waals surface area contributed by atoms with Crippen LogP contribution >= 0.6 is 0 Å². The van der Waals surface area contributed by atoms with Gasteiger partial charge in [-0.05, 0) is 51.1 Å². The Morgan fingerprint density at radius 2 is 1.63 bits per heavy atom. The Hall–Kier alpha value is -3.73. The Morgan fingerprint density at radius 3 is 2.23 bits per heavy atom. The fourth-order valence-corrected chi connectivity index (χ4v) is 3.68. The van der Waals surface area contributed by atoms with Crippen LogP contribution in [-0.4, -0.2) is 56.7 Å². The average molecular weight is 401 g/mol. The molecule has 152 valence electrons. The summed E-state index contributed by atoms with van der Waals surface area (Å²) in [6.07, 6.45) is 0. The summed E-state index contributed by atoms with van der Waals surface area (Å²) in [6.45, 7) is 8.44. The molecule has 0 atom stereocenters. The number of carbonyl (C=O) groups excluding carboxylic acids is 1. The molecule has 4 rings (SSSR count). The minimum absolute atomic E-state index is 0.0126. The minimum atomic E-state index is -0.0126. The third-order valence-corrected chi connectivity index (χ3v) is 5.19. The maximum atomic E-state index is 12.8. The van der Waals surface area contributed by atoms with Gasteiger partial charge in [0.1, 0.15) is 11.6 Å². The summed E-state index contributed by atoms with van der Waals surface area (Å²) in [7, 11) is 0. The van der Waals surface area contributed by atoms with Crippen LogP contribution in [0.3, 0.4) is 0 Å². The maximum absolute atomic E-state index is 12.8. The number of benzene rings is 1. The highest BCUT2D eigenvalue weighted by Gasteiger charge is 2.23. The molecule has 1 aliphatic rings. The van der Waals surface area contributed by atoms with Crippen LogP contribution in [0.5, 0.6) is 0 Å². The summed E-state index contributed by atoms with van der Waals surface area (Å²) in [6, 6.07) is 12.8. The number of amides is 1. The predicted octanol–water partition coefficient (Wildman–Crippen LogP) is 2.42. The van der Waals surface area contributed by atoms with Gasteiger partial charge < -0.3 is 9.80 Å². The number of anilines is 1. The van der Waals surface area contributed by atoms with Crippen molar-refractivity contribution >= 4 is 11.7 Å². The molecule has 0 N–H and O–H groups in total. The first-order chi connectivity index (χ1) is 14.4. The molecule has 8 nitrogen and oxygen atoms in total. The molecule has 8 heteroatoms. The summed E-state index contributed by atoms with van der Waals surface area (Å²) in [5, 5.41) is 13.4. The van der Waals surface area contributed by atoms with Gasteiger partial charge in [-0.25, -0.2) is 14.6 Å². The number of rotatable bonds is 3. The number of carbonyl (C=O) groups is 1. The third kappa shape index (κ3) is 3.87. The molecule has 1 aliphatic heterocycles. The van der Waals surface area contributed by atoms with Crippen molar-refractivity contribution in [3.63, 3.8) is 0 Å². The molecule has 30 heavy (non-hydrogen) atoms. The SMILES string of the molecule is Cc1cc(C)n(-c2cc(N3CCN(C(=O)c4ccc(C#N)cc4)CC3)nc(C)n2)n1. The molecule has 2 aromatic heterocycles. The fourth-order valence-electron chi connectivity index (χ4n) is 3.68. The lowest BCUT2D eigenvalue weighted by Gasteiger charge is -2.35. The van der Waals surface area contributed by atoms with Crippen molar-refractivity contribution in [3.8, 4) is 11.9 Å². The Balaban J connectivity index is 1.48. The van der Waals surface area contributed by atoms with Gasteiger partial charge in [-0.15, -0.1) is 0 Å². The van der Waals surface area contributed by atoms with Gasteiger partial charge in [0.2, 0.25) is 0 Å². The second-order valence-electron chi connectivity index (χ2n) is 7.44. The second-order valence-corrected chi connectivity index (χ2v) is 7.44. The highest BCUT2D eigenvalue weighted by atomic mass is 16.2. The van der Waals surface area contributed by atoms with E-state index in [-0.39, 0.29) is 5.91 Å². The fraction of sp³-hybridized carbons (Fsp3) is 0.318. The van der Waals surface area contributed by atoms with E-state index in [2.05, 4.69) is 26.0 Å². The van der Waals surface area contributed by atoms with Gasteiger partial charge in [-0.1, -0.05) is 0 Å². The number of aryl methyl sites for hydroxylation is 3. The van der Waals surface area contributed by atoms with Crippen LogP contribution in [0.25, 0.3) is 5.82 Å². The number of nitriles is 1. The molecule has 1 saturated heterocycles. The van der Waals surface area contributed by atoms with Crippen LogP contribution in [0.15, 0.2) is 36.4 Å². The molecule has 3 heterocycles. The van der Waals surface area contributed by atoms with E-state index >= 15 is 0 Å². The topological polar surface area (TPSA) is 90.9 Å². The molecule has 0 spiro atoms. The quantitative estimate of drug-likeness (QED) is 0.669. The molecule has 0 saturated carbocycles. The van der Waals surface area contributed by atoms with Crippen LogP contribution in [0.1, 0.15) is 33.1 Å². The zero-order valence-electron chi connectivity index (χ0n) is 17.3. The summed E-state index contributed by atoms with van der Waals surface area (Å²) in [4.78, 5) is 25.9. The molecule has 3 aromatic rings. The van der Waals surface area contributed by atoms with Crippen molar-refractivity contribution < 1.29 is 4.79 Å². The van der Waals surface area contributed by atoms with E-state index in [0.29, 0.717) is 43.1 Å². The first-order valence-corrected chi connectivity index (χ1v) is 9.88. The van der Waals surface area contributed by atoms with Gasteiger partial charge in [0.05, 0.1) is 17.3 Å². The van der Waals surface area contributed by atoms with Crippen molar-refractivity contribution in [2.45, 2.75) is 20.8 Å². The smallest absolute Gasteiger partial charge is 0.253 e. The van der Waals surface area contributed by atoms with Gasteiger partial charge in [-0.2, -0.15) is 10.4 Å². The normalized spacial score (nSPS) is 13.9. The zero-order valence-corrected chi connectivity index (χ0v) is 17.3.